The highest BCUT2D eigenvalue weighted by Gasteiger charge is 2.19. The average Bonchev–Trinajstić information content (AvgIpc) is 2.84. The maximum atomic E-state index is 5.95. The van der Waals surface area contributed by atoms with Crippen LogP contribution in [-0.4, -0.2) is 10.1 Å². The van der Waals surface area contributed by atoms with Gasteiger partial charge in [-0.05, 0) is 23.8 Å². The van der Waals surface area contributed by atoms with Crippen LogP contribution in [0.25, 0.3) is 11.4 Å². The van der Waals surface area contributed by atoms with Gasteiger partial charge < -0.3 is 10.3 Å². The quantitative estimate of drug-likeness (QED) is 0.891. The van der Waals surface area contributed by atoms with Crippen molar-refractivity contribution in [1.82, 2.24) is 10.1 Å². The first kappa shape index (κ1) is 11.3. The van der Waals surface area contributed by atoms with Gasteiger partial charge >= 0.3 is 0 Å². The Labute approximate surface area is 98.5 Å². The van der Waals surface area contributed by atoms with E-state index in [-0.39, 0.29) is 12.0 Å². The van der Waals surface area contributed by atoms with E-state index in [1.807, 2.05) is 26.2 Å². The van der Waals surface area contributed by atoms with Crippen molar-refractivity contribution in [1.29, 1.82) is 0 Å². The zero-order chi connectivity index (χ0) is 11.7. The summed E-state index contributed by atoms with van der Waals surface area (Å²) in [7, 11) is 0. The standard InChI is InChI=1S/C11H15N3OS/c1-6(2)9(12)11-13-10(14-15-11)8-5-16-4-7(8)3/h4-6,9H,12H2,1-3H3/t9-/m1/s1. The molecule has 0 unspecified atom stereocenters. The molecule has 16 heavy (non-hydrogen) atoms. The molecule has 0 bridgehead atoms. The predicted octanol–water partition coefficient (Wildman–Crippen LogP) is 2.76. The molecule has 0 fully saturated rings. The lowest BCUT2D eigenvalue weighted by Gasteiger charge is -2.09. The first-order chi connectivity index (χ1) is 7.59. The minimum Gasteiger partial charge on any atom is -0.337 e. The van der Waals surface area contributed by atoms with Gasteiger partial charge in [0.25, 0.3) is 0 Å². The molecule has 0 aliphatic rings. The minimum atomic E-state index is -0.194. The van der Waals surface area contributed by atoms with Gasteiger partial charge in [-0.2, -0.15) is 16.3 Å². The van der Waals surface area contributed by atoms with Crippen molar-refractivity contribution in [2.45, 2.75) is 26.8 Å². The molecule has 0 aliphatic carbocycles. The third kappa shape index (κ3) is 2.01. The Hall–Kier alpha value is -1.20. The lowest BCUT2D eigenvalue weighted by molar-refractivity contribution is 0.325. The second-order valence-corrected chi connectivity index (χ2v) is 4.94. The molecular weight excluding hydrogens is 222 g/mol. The fourth-order valence-electron chi connectivity index (χ4n) is 1.35. The normalized spacial score (nSPS) is 13.3. The maximum Gasteiger partial charge on any atom is 0.244 e. The van der Waals surface area contributed by atoms with Crippen LogP contribution in [0, 0.1) is 12.8 Å². The van der Waals surface area contributed by atoms with Gasteiger partial charge in [0.05, 0.1) is 6.04 Å². The molecule has 4 nitrogen and oxygen atoms in total. The summed E-state index contributed by atoms with van der Waals surface area (Å²) in [4.78, 5) is 4.34. The number of hydrogen-bond donors (Lipinski definition) is 1. The highest BCUT2D eigenvalue weighted by Crippen LogP contribution is 2.26. The van der Waals surface area contributed by atoms with Crippen molar-refractivity contribution in [3.8, 4) is 11.4 Å². The Bertz CT molecular complexity index is 475. The van der Waals surface area contributed by atoms with E-state index in [0.717, 1.165) is 11.1 Å². The van der Waals surface area contributed by atoms with E-state index in [4.69, 9.17) is 10.3 Å². The van der Waals surface area contributed by atoms with Gasteiger partial charge in [-0.15, -0.1) is 0 Å². The van der Waals surface area contributed by atoms with Gasteiger partial charge in [0.1, 0.15) is 0 Å². The van der Waals surface area contributed by atoms with E-state index >= 15 is 0 Å². The summed E-state index contributed by atoms with van der Waals surface area (Å²) in [5.74, 6) is 1.43. The zero-order valence-electron chi connectivity index (χ0n) is 9.60. The van der Waals surface area contributed by atoms with Crippen LogP contribution in [0.2, 0.25) is 0 Å². The molecule has 0 saturated carbocycles. The molecule has 2 N–H and O–H groups in total. The number of nitrogens with zero attached hydrogens (tertiary/aromatic N) is 2. The largest absolute Gasteiger partial charge is 0.337 e. The summed E-state index contributed by atoms with van der Waals surface area (Å²) in [5, 5.41) is 8.05. The van der Waals surface area contributed by atoms with Crippen molar-refractivity contribution in [2.24, 2.45) is 11.7 Å². The lowest BCUT2D eigenvalue weighted by atomic mass is 10.1. The highest BCUT2D eigenvalue weighted by molar-refractivity contribution is 7.08. The van der Waals surface area contributed by atoms with Crippen molar-refractivity contribution >= 4 is 11.3 Å². The molecule has 0 radical (unpaired) electrons. The van der Waals surface area contributed by atoms with E-state index in [9.17, 15) is 0 Å². The van der Waals surface area contributed by atoms with Crippen LogP contribution in [0.3, 0.4) is 0 Å². The molecule has 2 aromatic rings. The summed E-state index contributed by atoms with van der Waals surface area (Å²) in [5.41, 5.74) is 8.14. The number of thiophene rings is 1. The van der Waals surface area contributed by atoms with E-state index in [1.165, 1.54) is 0 Å². The topological polar surface area (TPSA) is 64.9 Å². The van der Waals surface area contributed by atoms with Gasteiger partial charge in [0, 0.05) is 10.9 Å². The van der Waals surface area contributed by atoms with E-state index < -0.39 is 0 Å². The average molecular weight is 237 g/mol. The second kappa shape index (κ2) is 4.35. The Morgan fingerprint density at radius 3 is 2.69 bits per heavy atom. The Morgan fingerprint density at radius 2 is 2.12 bits per heavy atom. The van der Waals surface area contributed by atoms with Gasteiger partial charge in [-0.1, -0.05) is 19.0 Å². The molecule has 2 heterocycles. The summed E-state index contributed by atoms with van der Waals surface area (Å²) in [6.07, 6.45) is 0. The molecule has 0 saturated heterocycles. The van der Waals surface area contributed by atoms with Crippen LogP contribution < -0.4 is 5.73 Å². The minimum absolute atomic E-state index is 0.194. The number of aryl methyl sites for hydroxylation is 1. The second-order valence-electron chi connectivity index (χ2n) is 4.19. The van der Waals surface area contributed by atoms with Gasteiger partial charge in [0.2, 0.25) is 11.7 Å². The Kier molecular flexibility index (Phi) is 3.07. The molecule has 5 heteroatoms. The number of nitrogens with two attached hydrogens (primary N) is 1. The van der Waals surface area contributed by atoms with E-state index in [0.29, 0.717) is 11.7 Å². The smallest absolute Gasteiger partial charge is 0.244 e. The van der Waals surface area contributed by atoms with Crippen LogP contribution in [0.5, 0.6) is 0 Å². The van der Waals surface area contributed by atoms with Crippen LogP contribution in [0.1, 0.15) is 31.3 Å². The zero-order valence-corrected chi connectivity index (χ0v) is 10.4. The van der Waals surface area contributed by atoms with Gasteiger partial charge in [-0.25, -0.2) is 0 Å². The fourth-order valence-corrected chi connectivity index (χ4v) is 2.18. The van der Waals surface area contributed by atoms with Crippen LogP contribution in [-0.2, 0) is 0 Å². The summed E-state index contributed by atoms with van der Waals surface area (Å²) in [6, 6.07) is -0.194. The molecule has 1 atom stereocenters. The lowest BCUT2D eigenvalue weighted by Crippen LogP contribution is -2.16. The van der Waals surface area contributed by atoms with Crippen LogP contribution in [0.15, 0.2) is 15.3 Å². The van der Waals surface area contributed by atoms with Crippen molar-refractivity contribution in [3.05, 3.63) is 22.2 Å². The molecule has 2 aromatic heterocycles. The molecule has 2 rings (SSSR count). The van der Waals surface area contributed by atoms with Crippen LogP contribution in [0.4, 0.5) is 0 Å². The van der Waals surface area contributed by atoms with Crippen molar-refractivity contribution in [2.75, 3.05) is 0 Å². The first-order valence-electron chi connectivity index (χ1n) is 5.22. The number of aromatic nitrogens is 2. The molecule has 0 amide bonds. The molecule has 86 valence electrons. The molecule has 0 aromatic carbocycles. The Balaban J connectivity index is 2.30. The number of rotatable bonds is 3. The summed E-state index contributed by atoms with van der Waals surface area (Å²) < 4.78 is 5.19. The summed E-state index contributed by atoms with van der Waals surface area (Å²) in [6.45, 7) is 6.10. The van der Waals surface area contributed by atoms with Gasteiger partial charge in [0.15, 0.2) is 0 Å². The maximum absolute atomic E-state index is 5.95. The van der Waals surface area contributed by atoms with Gasteiger partial charge in [-0.3, -0.25) is 0 Å². The highest BCUT2D eigenvalue weighted by atomic mass is 32.1. The van der Waals surface area contributed by atoms with E-state index in [2.05, 4.69) is 15.5 Å². The van der Waals surface area contributed by atoms with Crippen molar-refractivity contribution < 1.29 is 4.52 Å². The van der Waals surface area contributed by atoms with E-state index in [1.54, 1.807) is 11.3 Å². The molecule has 0 spiro atoms. The SMILES string of the molecule is Cc1cscc1-c1noc([C@H](N)C(C)C)n1. The van der Waals surface area contributed by atoms with Crippen LogP contribution >= 0.6 is 11.3 Å². The summed E-state index contributed by atoms with van der Waals surface area (Å²) >= 11 is 1.63. The predicted molar refractivity (Wildman–Crippen MR) is 64.1 cm³/mol. The monoisotopic (exact) mass is 237 g/mol. The number of hydrogen-bond acceptors (Lipinski definition) is 5. The molecular formula is C11H15N3OS. The third-order valence-corrected chi connectivity index (χ3v) is 3.40. The third-order valence-electron chi connectivity index (χ3n) is 2.54. The van der Waals surface area contributed by atoms with Crippen molar-refractivity contribution in [3.63, 3.8) is 0 Å². The fraction of sp³-hybridized carbons (Fsp3) is 0.455. The Morgan fingerprint density at radius 1 is 1.38 bits per heavy atom. The first-order valence-corrected chi connectivity index (χ1v) is 6.16. The molecule has 0 aliphatic heterocycles.